The third-order valence-corrected chi connectivity index (χ3v) is 4.89. The van der Waals surface area contributed by atoms with Crippen LogP contribution in [-0.4, -0.2) is 37.9 Å². The molecule has 0 saturated carbocycles. The molecule has 0 unspecified atom stereocenters. The smallest absolute Gasteiger partial charge is 0.152 e. The highest BCUT2D eigenvalue weighted by atomic mass is 79.9. The summed E-state index contributed by atoms with van der Waals surface area (Å²) in [5.74, 6) is 0.521. The first kappa shape index (κ1) is 12.9. The molecule has 1 aliphatic rings. The molecule has 94 valence electrons. The lowest BCUT2D eigenvalue weighted by atomic mass is 10.2. The van der Waals surface area contributed by atoms with Gasteiger partial charge in [0, 0.05) is 29.8 Å². The summed E-state index contributed by atoms with van der Waals surface area (Å²) in [5, 5.41) is 0. The number of rotatable bonds is 2. The number of hydrogen-bond acceptors (Lipinski definition) is 4. The topological polar surface area (TPSA) is 63.4 Å². The Kier molecular flexibility index (Phi) is 3.75. The van der Waals surface area contributed by atoms with Crippen LogP contribution in [0.25, 0.3) is 0 Å². The Morgan fingerprint density at radius 2 is 1.88 bits per heavy atom. The molecule has 2 rings (SSSR count). The van der Waals surface area contributed by atoms with Crippen LogP contribution in [0.5, 0.6) is 0 Å². The van der Waals surface area contributed by atoms with Crippen molar-refractivity contribution >= 4 is 31.5 Å². The van der Waals surface area contributed by atoms with E-state index in [0.717, 1.165) is 22.3 Å². The van der Waals surface area contributed by atoms with Crippen LogP contribution in [-0.2, 0) is 16.4 Å². The van der Waals surface area contributed by atoms with E-state index in [1.807, 2.05) is 18.2 Å². The average molecular weight is 319 g/mol. The lowest BCUT2D eigenvalue weighted by Crippen LogP contribution is -2.39. The molecule has 1 aliphatic heterocycles. The molecule has 1 aromatic carbocycles. The molecule has 6 heteroatoms. The molecule has 2 N–H and O–H groups in total. The van der Waals surface area contributed by atoms with Crippen LogP contribution in [0.4, 0.5) is 5.69 Å². The Morgan fingerprint density at radius 3 is 2.47 bits per heavy atom. The standard InChI is InChI=1S/C11H15BrN2O2S/c12-10-5-9(6-11(13)7-10)8-14-1-3-17(15,16)4-2-14/h5-7H,1-4,8,13H2. The van der Waals surface area contributed by atoms with Crippen molar-refractivity contribution in [3.63, 3.8) is 0 Å². The second kappa shape index (κ2) is 4.96. The number of nitrogens with zero attached hydrogens (tertiary/aromatic N) is 1. The minimum atomic E-state index is -2.80. The molecule has 4 nitrogen and oxygen atoms in total. The summed E-state index contributed by atoms with van der Waals surface area (Å²) >= 11 is 3.40. The van der Waals surface area contributed by atoms with Crippen LogP contribution >= 0.6 is 15.9 Å². The van der Waals surface area contributed by atoms with Crippen molar-refractivity contribution in [1.82, 2.24) is 4.90 Å². The molecule has 0 aliphatic carbocycles. The van der Waals surface area contributed by atoms with Gasteiger partial charge in [-0.1, -0.05) is 15.9 Å². The van der Waals surface area contributed by atoms with Gasteiger partial charge in [0.2, 0.25) is 0 Å². The molecule has 0 aromatic heterocycles. The molecule has 0 radical (unpaired) electrons. The summed E-state index contributed by atoms with van der Waals surface area (Å²) in [6, 6.07) is 5.79. The number of nitrogen functional groups attached to an aromatic ring is 1. The zero-order valence-corrected chi connectivity index (χ0v) is 11.8. The zero-order chi connectivity index (χ0) is 12.5. The number of hydrogen-bond donors (Lipinski definition) is 1. The van der Waals surface area contributed by atoms with E-state index in [0.29, 0.717) is 13.1 Å². The number of sulfone groups is 1. The molecule has 0 spiro atoms. The van der Waals surface area contributed by atoms with Gasteiger partial charge in [0.05, 0.1) is 11.5 Å². The molecule has 1 heterocycles. The van der Waals surface area contributed by atoms with Gasteiger partial charge >= 0.3 is 0 Å². The average Bonchev–Trinajstić information content (AvgIpc) is 2.20. The van der Waals surface area contributed by atoms with Crippen LogP contribution < -0.4 is 5.73 Å². The van der Waals surface area contributed by atoms with Crippen molar-refractivity contribution in [2.24, 2.45) is 0 Å². The molecular weight excluding hydrogens is 304 g/mol. The molecule has 0 amide bonds. The summed E-state index contributed by atoms with van der Waals surface area (Å²) in [6.07, 6.45) is 0. The van der Waals surface area contributed by atoms with Crippen molar-refractivity contribution < 1.29 is 8.42 Å². The van der Waals surface area contributed by atoms with E-state index in [4.69, 9.17) is 5.73 Å². The van der Waals surface area contributed by atoms with Crippen molar-refractivity contribution in [3.05, 3.63) is 28.2 Å². The number of halogens is 1. The number of nitrogens with two attached hydrogens (primary N) is 1. The van der Waals surface area contributed by atoms with E-state index in [1.165, 1.54) is 0 Å². The summed E-state index contributed by atoms with van der Waals surface area (Å²) in [5.41, 5.74) is 7.59. The second-order valence-corrected chi connectivity index (χ2v) is 7.54. The lowest BCUT2D eigenvalue weighted by molar-refractivity contribution is 0.287. The normalized spacial score (nSPS) is 20.3. The minimum absolute atomic E-state index is 0.260. The van der Waals surface area contributed by atoms with Crippen LogP contribution in [0.1, 0.15) is 5.56 Å². The highest BCUT2D eigenvalue weighted by molar-refractivity contribution is 9.10. The fraction of sp³-hybridized carbons (Fsp3) is 0.455. The predicted octanol–water partition coefficient (Wildman–Crippen LogP) is 1.26. The van der Waals surface area contributed by atoms with E-state index in [-0.39, 0.29) is 11.5 Å². The largest absolute Gasteiger partial charge is 0.399 e. The van der Waals surface area contributed by atoms with Crippen molar-refractivity contribution in [3.8, 4) is 0 Å². The zero-order valence-electron chi connectivity index (χ0n) is 9.39. The Morgan fingerprint density at radius 1 is 1.24 bits per heavy atom. The Labute approximate surface area is 110 Å². The molecule has 1 saturated heterocycles. The first-order valence-electron chi connectivity index (χ1n) is 5.42. The van der Waals surface area contributed by atoms with E-state index >= 15 is 0 Å². The fourth-order valence-corrected chi connectivity index (χ4v) is 3.77. The maximum atomic E-state index is 11.3. The Hall–Kier alpha value is -0.590. The monoisotopic (exact) mass is 318 g/mol. The van der Waals surface area contributed by atoms with Gasteiger partial charge in [0.25, 0.3) is 0 Å². The molecule has 1 fully saturated rings. The second-order valence-electron chi connectivity index (χ2n) is 4.32. The van der Waals surface area contributed by atoms with Crippen LogP contribution in [0.2, 0.25) is 0 Å². The molecule has 0 bridgehead atoms. The molecule has 17 heavy (non-hydrogen) atoms. The van der Waals surface area contributed by atoms with Gasteiger partial charge in [0.1, 0.15) is 0 Å². The molecule has 1 aromatic rings. The summed E-state index contributed by atoms with van der Waals surface area (Å²) in [6.45, 7) is 1.96. The van der Waals surface area contributed by atoms with Crippen molar-refractivity contribution in [2.45, 2.75) is 6.54 Å². The quantitative estimate of drug-likeness (QED) is 0.834. The van der Waals surface area contributed by atoms with Gasteiger partial charge in [0.15, 0.2) is 9.84 Å². The van der Waals surface area contributed by atoms with Gasteiger partial charge in [-0.05, 0) is 23.8 Å². The SMILES string of the molecule is Nc1cc(Br)cc(CN2CCS(=O)(=O)CC2)c1. The number of anilines is 1. The van der Waals surface area contributed by atoms with Gasteiger partial charge in [-0.3, -0.25) is 4.90 Å². The Bertz CT molecular complexity index is 482. The fourth-order valence-electron chi connectivity index (χ4n) is 1.93. The van der Waals surface area contributed by atoms with Gasteiger partial charge in [-0.2, -0.15) is 0 Å². The predicted molar refractivity (Wildman–Crippen MR) is 72.5 cm³/mol. The molecular formula is C11H15BrN2O2S. The van der Waals surface area contributed by atoms with Crippen LogP contribution in [0.15, 0.2) is 22.7 Å². The third kappa shape index (κ3) is 3.69. The highest BCUT2D eigenvalue weighted by Crippen LogP contribution is 2.19. The van der Waals surface area contributed by atoms with Gasteiger partial charge in [-0.15, -0.1) is 0 Å². The summed E-state index contributed by atoms with van der Waals surface area (Å²) in [7, 11) is -2.80. The Balaban J connectivity index is 2.02. The van der Waals surface area contributed by atoms with Crippen LogP contribution in [0.3, 0.4) is 0 Å². The summed E-state index contributed by atoms with van der Waals surface area (Å²) in [4.78, 5) is 2.14. The maximum Gasteiger partial charge on any atom is 0.152 e. The van der Waals surface area contributed by atoms with E-state index < -0.39 is 9.84 Å². The van der Waals surface area contributed by atoms with Gasteiger partial charge < -0.3 is 5.73 Å². The van der Waals surface area contributed by atoms with Crippen molar-refractivity contribution in [2.75, 3.05) is 30.3 Å². The lowest BCUT2D eigenvalue weighted by Gasteiger charge is -2.26. The van der Waals surface area contributed by atoms with Crippen LogP contribution in [0, 0.1) is 0 Å². The third-order valence-electron chi connectivity index (χ3n) is 2.82. The molecule has 0 atom stereocenters. The van der Waals surface area contributed by atoms with E-state index in [2.05, 4.69) is 20.8 Å². The maximum absolute atomic E-state index is 11.3. The van der Waals surface area contributed by atoms with Crippen molar-refractivity contribution in [1.29, 1.82) is 0 Å². The minimum Gasteiger partial charge on any atom is -0.399 e. The van der Waals surface area contributed by atoms with E-state index in [1.54, 1.807) is 0 Å². The first-order chi connectivity index (χ1) is 7.94. The number of benzene rings is 1. The first-order valence-corrected chi connectivity index (χ1v) is 8.04. The van der Waals surface area contributed by atoms with Gasteiger partial charge in [-0.25, -0.2) is 8.42 Å². The summed E-state index contributed by atoms with van der Waals surface area (Å²) < 4.78 is 23.6. The van der Waals surface area contributed by atoms with E-state index in [9.17, 15) is 8.42 Å². The highest BCUT2D eigenvalue weighted by Gasteiger charge is 2.21.